The van der Waals surface area contributed by atoms with Crippen molar-refractivity contribution in [3.8, 4) is 0 Å². The van der Waals surface area contributed by atoms with Gasteiger partial charge >= 0.3 is 0 Å². The lowest BCUT2D eigenvalue weighted by Gasteiger charge is -2.44. The number of hydrogen-bond acceptors (Lipinski definition) is 3. The summed E-state index contributed by atoms with van der Waals surface area (Å²) in [4.78, 5) is 0. The summed E-state index contributed by atoms with van der Waals surface area (Å²) >= 11 is 1.99. The van der Waals surface area contributed by atoms with Gasteiger partial charge in [0.25, 0.3) is 0 Å². The summed E-state index contributed by atoms with van der Waals surface area (Å²) in [5, 5.41) is 10.7. The van der Waals surface area contributed by atoms with Gasteiger partial charge in [0.2, 0.25) is 0 Å². The number of halogens is 1. The van der Waals surface area contributed by atoms with E-state index >= 15 is 0 Å². The molecule has 2 fully saturated rings. The van der Waals surface area contributed by atoms with Gasteiger partial charge < -0.3 is 9.84 Å². The van der Waals surface area contributed by atoms with Crippen LogP contribution in [-0.4, -0.2) is 28.8 Å². The molecular formula is C17H23FO2S. The van der Waals surface area contributed by atoms with Gasteiger partial charge in [-0.15, -0.1) is 0 Å². The van der Waals surface area contributed by atoms with E-state index < -0.39 is 6.10 Å². The molecule has 2 aliphatic heterocycles. The summed E-state index contributed by atoms with van der Waals surface area (Å²) in [5.41, 5.74) is 1.41. The monoisotopic (exact) mass is 310 g/mol. The van der Waals surface area contributed by atoms with Gasteiger partial charge in [0.15, 0.2) is 0 Å². The lowest BCUT2D eigenvalue weighted by molar-refractivity contribution is -0.121. The molecule has 0 radical (unpaired) electrons. The first-order valence-corrected chi connectivity index (χ1v) is 8.91. The second-order valence-electron chi connectivity index (χ2n) is 6.35. The smallest absolute Gasteiger partial charge is 0.126 e. The van der Waals surface area contributed by atoms with Crippen LogP contribution in [0.5, 0.6) is 0 Å². The second kappa shape index (κ2) is 6.27. The minimum absolute atomic E-state index is 0.0236. The van der Waals surface area contributed by atoms with Crippen molar-refractivity contribution < 1.29 is 14.2 Å². The Morgan fingerprint density at radius 2 is 2.14 bits per heavy atom. The standard InChI is InChI=1S/C17H23FO2S/c1-12-10-13(2-3-15(12)18)16(19)14-4-7-20-17(11-14)5-8-21-9-6-17/h2-3,10,14,16,19H,4-9,11H2,1H3. The van der Waals surface area contributed by atoms with E-state index in [-0.39, 0.29) is 17.3 Å². The zero-order chi connectivity index (χ0) is 14.9. The van der Waals surface area contributed by atoms with Crippen molar-refractivity contribution >= 4 is 11.8 Å². The predicted octanol–water partition coefficient (Wildman–Crippen LogP) is 3.86. The van der Waals surface area contributed by atoms with Crippen molar-refractivity contribution in [1.29, 1.82) is 0 Å². The third-order valence-corrected chi connectivity index (χ3v) is 5.89. The summed E-state index contributed by atoms with van der Waals surface area (Å²) in [5.74, 6) is 2.31. The average molecular weight is 310 g/mol. The van der Waals surface area contributed by atoms with Gasteiger partial charge in [-0.1, -0.05) is 12.1 Å². The summed E-state index contributed by atoms with van der Waals surface area (Å²) in [6.07, 6.45) is 3.46. The van der Waals surface area contributed by atoms with Gasteiger partial charge in [-0.25, -0.2) is 4.39 Å². The number of aliphatic hydroxyl groups is 1. The Balaban J connectivity index is 1.74. The number of thioether (sulfide) groups is 1. The van der Waals surface area contributed by atoms with Crippen molar-refractivity contribution in [3.05, 3.63) is 35.1 Å². The molecular weight excluding hydrogens is 287 g/mol. The van der Waals surface area contributed by atoms with Gasteiger partial charge in [0.1, 0.15) is 5.82 Å². The molecule has 2 atom stereocenters. The van der Waals surface area contributed by atoms with Crippen LogP contribution in [0.25, 0.3) is 0 Å². The van der Waals surface area contributed by atoms with Gasteiger partial charge in [-0.05, 0) is 67.2 Å². The average Bonchev–Trinajstić information content (AvgIpc) is 2.50. The van der Waals surface area contributed by atoms with Crippen LogP contribution in [-0.2, 0) is 4.74 Å². The molecule has 1 spiro atoms. The number of benzene rings is 1. The van der Waals surface area contributed by atoms with E-state index in [0.717, 1.165) is 49.4 Å². The molecule has 2 aliphatic rings. The number of ether oxygens (including phenoxy) is 1. The fourth-order valence-corrected chi connectivity index (χ4v) is 4.79. The van der Waals surface area contributed by atoms with Crippen molar-refractivity contribution in [2.45, 2.75) is 44.3 Å². The van der Waals surface area contributed by atoms with Crippen LogP contribution in [0.3, 0.4) is 0 Å². The van der Waals surface area contributed by atoms with Crippen LogP contribution < -0.4 is 0 Å². The van der Waals surface area contributed by atoms with Gasteiger partial charge in [-0.3, -0.25) is 0 Å². The highest BCUT2D eigenvalue weighted by Gasteiger charge is 2.41. The fraction of sp³-hybridized carbons (Fsp3) is 0.647. The minimum Gasteiger partial charge on any atom is -0.388 e. The van der Waals surface area contributed by atoms with Crippen LogP contribution in [0.1, 0.15) is 42.9 Å². The van der Waals surface area contributed by atoms with Crippen LogP contribution in [0.4, 0.5) is 4.39 Å². The van der Waals surface area contributed by atoms with E-state index in [0.29, 0.717) is 5.56 Å². The van der Waals surface area contributed by atoms with E-state index in [9.17, 15) is 9.50 Å². The quantitative estimate of drug-likeness (QED) is 0.899. The molecule has 4 heteroatoms. The topological polar surface area (TPSA) is 29.5 Å². The number of aryl methyl sites for hydroxylation is 1. The summed E-state index contributed by atoms with van der Waals surface area (Å²) in [6.45, 7) is 2.47. The molecule has 116 valence electrons. The molecule has 3 rings (SSSR count). The maximum atomic E-state index is 13.4. The largest absolute Gasteiger partial charge is 0.388 e. The molecule has 2 unspecified atom stereocenters. The Bertz CT molecular complexity index is 494. The molecule has 0 amide bonds. The molecule has 21 heavy (non-hydrogen) atoms. The molecule has 0 saturated carbocycles. The zero-order valence-electron chi connectivity index (χ0n) is 12.5. The van der Waals surface area contributed by atoms with Crippen LogP contribution in [0.15, 0.2) is 18.2 Å². The summed E-state index contributed by atoms with van der Waals surface area (Å²) in [6, 6.07) is 4.95. The van der Waals surface area contributed by atoms with Crippen LogP contribution in [0.2, 0.25) is 0 Å². The van der Waals surface area contributed by atoms with E-state index in [1.165, 1.54) is 6.07 Å². The first-order valence-electron chi connectivity index (χ1n) is 7.75. The number of rotatable bonds is 2. The maximum absolute atomic E-state index is 13.4. The normalized spacial score (nSPS) is 26.7. The van der Waals surface area contributed by atoms with Gasteiger partial charge in [0, 0.05) is 6.61 Å². The Kier molecular flexibility index (Phi) is 4.57. The third kappa shape index (κ3) is 3.27. The zero-order valence-corrected chi connectivity index (χ0v) is 13.3. The molecule has 0 aromatic heterocycles. The summed E-state index contributed by atoms with van der Waals surface area (Å²) < 4.78 is 19.5. The fourth-order valence-electron chi connectivity index (χ4n) is 3.55. The molecule has 1 aromatic rings. The highest BCUT2D eigenvalue weighted by atomic mass is 32.2. The van der Waals surface area contributed by atoms with Crippen molar-refractivity contribution in [2.24, 2.45) is 5.92 Å². The Morgan fingerprint density at radius 1 is 1.38 bits per heavy atom. The molecule has 1 aromatic carbocycles. The Morgan fingerprint density at radius 3 is 2.86 bits per heavy atom. The van der Waals surface area contributed by atoms with E-state index in [4.69, 9.17) is 4.74 Å². The van der Waals surface area contributed by atoms with Gasteiger partial charge in [-0.2, -0.15) is 11.8 Å². The second-order valence-corrected chi connectivity index (χ2v) is 7.57. The van der Waals surface area contributed by atoms with Crippen molar-refractivity contribution in [2.75, 3.05) is 18.1 Å². The van der Waals surface area contributed by atoms with Crippen molar-refractivity contribution in [1.82, 2.24) is 0 Å². The maximum Gasteiger partial charge on any atom is 0.126 e. The SMILES string of the molecule is Cc1cc(C(O)C2CCOC3(CCSCC3)C2)ccc1F. The lowest BCUT2D eigenvalue weighted by atomic mass is 9.78. The highest BCUT2D eigenvalue weighted by Crippen LogP contribution is 2.43. The van der Waals surface area contributed by atoms with E-state index in [2.05, 4.69) is 0 Å². The van der Waals surface area contributed by atoms with E-state index in [1.807, 2.05) is 11.8 Å². The van der Waals surface area contributed by atoms with Crippen molar-refractivity contribution in [3.63, 3.8) is 0 Å². The first kappa shape index (κ1) is 15.3. The van der Waals surface area contributed by atoms with E-state index in [1.54, 1.807) is 19.1 Å². The number of aliphatic hydroxyl groups excluding tert-OH is 1. The van der Waals surface area contributed by atoms with Gasteiger partial charge in [0.05, 0.1) is 11.7 Å². The molecule has 0 bridgehead atoms. The first-order chi connectivity index (χ1) is 10.1. The summed E-state index contributed by atoms with van der Waals surface area (Å²) in [7, 11) is 0. The van der Waals surface area contributed by atoms with Crippen LogP contribution in [0, 0.1) is 18.7 Å². The molecule has 2 saturated heterocycles. The molecule has 0 aliphatic carbocycles. The molecule has 1 N–H and O–H groups in total. The Hall–Kier alpha value is -0.580. The Labute approximate surface area is 130 Å². The van der Waals surface area contributed by atoms with Crippen LogP contribution >= 0.6 is 11.8 Å². The third-order valence-electron chi connectivity index (χ3n) is 4.91. The minimum atomic E-state index is -0.514. The number of hydrogen-bond donors (Lipinski definition) is 1. The highest BCUT2D eigenvalue weighted by molar-refractivity contribution is 7.99. The molecule has 2 heterocycles. The predicted molar refractivity (Wildman–Crippen MR) is 84.1 cm³/mol. The molecule has 2 nitrogen and oxygen atoms in total. The lowest BCUT2D eigenvalue weighted by Crippen LogP contribution is -2.44.